The number of halogens is 4. The fourth-order valence-corrected chi connectivity index (χ4v) is 4.16. The Hall–Kier alpha value is -5.33. The van der Waals surface area contributed by atoms with Crippen LogP contribution in [0.15, 0.2) is 83.5 Å². The molecule has 9 nitrogen and oxygen atoms in total. The Kier molecular flexibility index (Phi) is 6.63. The van der Waals surface area contributed by atoms with Crippen molar-refractivity contribution in [3.63, 3.8) is 0 Å². The van der Waals surface area contributed by atoms with E-state index in [1.165, 1.54) is 30.5 Å². The van der Waals surface area contributed by atoms with Crippen LogP contribution in [0.25, 0.3) is 0 Å². The third-order valence-corrected chi connectivity index (χ3v) is 6.11. The highest BCUT2D eigenvalue weighted by Crippen LogP contribution is 2.38. The lowest BCUT2D eigenvalue weighted by Gasteiger charge is -2.38. The summed E-state index contributed by atoms with van der Waals surface area (Å²) in [5, 5.41) is 25.7. The van der Waals surface area contributed by atoms with Gasteiger partial charge in [-0.1, -0.05) is 12.1 Å². The molecule has 0 bridgehead atoms. The van der Waals surface area contributed by atoms with Gasteiger partial charge in [-0.15, -0.1) is 0 Å². The first-order chi connectivity index (χ1) is 19.0. The maximum absolute atomic E-state index is 14.0. The van der Waals surface area contributed by atoms with E-state index in [1.807, 2.05) is 0 Å². The van der Waals surface area contributed by atoms with Crippen LogP contribution in [0.2, 0.25) is 0 Å². The second kappa shape index (κ2) is 10.1. The summed E-state index contributed by atoms with van der Waals surface area (Å²) in [4.78, 5) is 25.3. The number of benzene rings is 3. The molecule has 3 aromatic carbocycles. The molecule has 1 atom stereocenters. The van der Waals surface area contributed by atoms with Gasteiger partial charge < -0.3 is 30.4 Å². The second-order valence-corrected chi connectivity index (χ2v) is 8.67. The van der Waals surface area contributed by atoms with Gasteiger partial charge in [0.1, 0.15) is 17.8 Å². The molecule has 40 heavy (non-hydrogen) atoms. The van der Waals surface area contributed by atoms with E-state index >= 15 is 0 Å². The molecule has 0 aliphatic carbocycles. The van der Waals surface area contributed by atoms with Crippen LogP contribution in [-0.2, 0) is 6.18 Å². The Morgan fingerprint density at radius 3 is 2.33 bits per heavy atom. The SMILES string of the molecule is N=C1c2ccoc2NC(c2ccc(C(=O)O)cc2)N1c1ccc(NC(=O)Nc2cc(C(F)(F)F)ccc2F)cc1. The highest BCUT2D eigenvalue weighted by Gasteiger charge is 2.34. The number of rotatable bonds is 5. The molecule has 2 amide bonds. The number of aromatic carboxylic acids is 1. The van der Waals surface area contributed by atoms with Gasteiger partial charge in [-0.3, -0.25) is 5.41 Å². The zero-order chi connectivity index (χ0) is 28.6. The number of amidine groups is 1. The quantitative estimate of drug-likeness (QED) is 0.174. The van der Waals surface area contributed by atoms with E-state index in [1.54, 1.807) is 35.2 Å². The van der Waals surface area contributed by atoms with Gasteiger partial charge >= 0.3 is 18.2 Å². The summed E-state index contributed by atoms with van der Waals surface area (Å²) in [6.07, 6.45) is -3.93. The van der Waals surface area contributed by atoms with Crippen molar-refractivity contribution in [2.24, 2.45) is 0 Å². The summed E-state index contributed by atoms with van der Waals surface area (Å²) in [5.74, 6) is -1.65. The Morgan fingerprint density at radius 1 is 0.975 bits per heavy atom. The number of furan rings is 1. The first-order valence-electron chi connectivity index (χ1n) is 11.6. The summed E-state index contributed by atoms with van der Waals surface area (Å²) in [7, 11) is 0. The van der Waals surface area contributed by atoms with Gasteiger partial charge in [-0.2, -0.15) is 13.2 Å². The molecule has 1 aromatic heterocycles. The number of hydrogen-bond acceptors (Lipinski definition) is 5. The van der Waals surface area contributed by atoms with Gasteiger partial charge in [0.05, 0.1) is 28.6 Å². The summed E-state index contributed by atoms with van der Waals surface area (Å²) < 4.78 is 58.3. The maximum atomic E-state index is 14.0. The van der Waals surface area contributed by atoms with Gasteiger partial charge in [-0.05, 0) is 66.2 Å². The van der Waals surface area contributed by atoms with Gasteiger partial charge in [0.15, 0.2) is 0 Å². The van der Waals surface area contributed by atoms with E-state index in [-0.39, 0.29) is 17.1 Å². The smallest absolute Gasteiger partial charge is 0.416 e. The summed E-state index contributed by atoms with van der Waals surface area (Å²) in [5.41, 5.74) is 0.245. The molecule has 2 heterocycles. The standard InChI is InChI=1S/C27H19F4N5O4/c28-20-10-5-16(27(29,30)31)13-21(20)34-26(39)33-17-6-8-18(9-7-17)36-22(32)19-11-12-40-24(19)35-23(36)14-1-3-15(4-2-14)25(37)38/h1-13,23,32,35H,(H,37,38)(H2,33,34,39). The number of nitrogens with one attached hydrogen (secondary N) is 4. The number of carboxylic acid groups (broad SMARTS) is 1. The average Bonchev–Trinajstić information content (AvgIpc) is 3.39. The molecule has 204 valence electrons. The van der Waals surface area contributed by atoms with Crippen molar-refractivity contribution in [3.05, 3.63) is 107 Å². The van der Waals surface area contributed by atoms with E-state index in [0.29, 0.717) is 40.9 Å². The minimum atomic E-state index is -4.71. The zero-order valence-electron chi connectivity index (χ0n) is 20.2. The second-order valence-electron chi connectivity index (χ2n) is 8.67. The fourth-order valence-electron chi connectivity index (χ4n) is 4.16. The molecule has 13 heteroatoms. The van der Waals surface area contributed by atoms with Crippen molar-refractivity contribution in [1.82, 2.24) is 0 Å². The summed E-state index contributed by atoms with van der Waals surface area (Å²) in [6.45, 7) is 0. The Morgan fingerprint density at radius 2 is 1.68 bits per heavy atom. The van der Waals surface area contributed by atoms with Crippen molar-refractivity contribution in [2.75, 3.05) is 20.9 Å². The topological polar surface area (TPSA) is 131 Å². The van der Waals surface area contributed by atoms with E-state index < -0.39 is 41.4 Å². The lowest BCUT2D eigenvalue weighted by atomic mass is 10.0. The van der Waals surface area contributed by atoms with Crippen LogP contribution in [0, 0.1) is 11.2 Å². The van der Waals surface area contributed by atoms with Crippen LogP contribution in [0.4, 0.5) is 45.3 Å². The predicted octanol–water partition coefficient (Wildman–Crippen LogP) is 6.74. The van der Waals surface area contributed by atoms with Gasteiger partial charge in [0.25, 0.3) is 0 Å². The van der Waals surface area contributed by atoms with Crippen molar-refractivity contribution < 1.29 is 36.7 Å². The molecule has 0 spiro atoms. The first kappa shape index (κ1) is 26.3. The van der Waals surface area contributed by atoms with Crippen LogP contribution < -0.4 is 20.9 Å². The molecule has 0 radical (unpaired) electrons. The normalized spacial score (nSPS) is 14.8. The monoisotopic (exact) mass is 553 g/mol. The van der Waals surface area contributed by atoms with Gasteiger partial charge in [0, 0.05) is 11.4 Å². The molecular formula is C27H19F4N5O4. The average molecular weight is 553 g/mol. The third kappa shape index (κ3) is 5.16. The zero-order valence-corrected chi connectivity index (χ0v) is 20.2. The van der Waals surface area contributed by atoms with E-state index in [0.717, 1.165) is 0 Å². The minimum Gasteiger partial charge on any atom is -0.478 e. The molecule has 1 unspecified atom stereocenters. The number of carbonyl (C=O) groups is 2. The van der Waals surface area contributed by atoms with Crippen LogP contribution in [0.1, 0.15) is 33.2 Å². The van der Waals surface area contributed by atoms with Crippen molar-refractivity contribution in [1.29, 1.82) is 5.41 Å². The number of carboxylic acids is 1. The number of anilines is 4. The fraction of sp³-hybridized carbons (Fsp3) is 0.0741. The maximum Gasteiger partial charge on any atom is 0.416 e. The largest absolute Gasteiger partial charge is 0.478 e. The first-order valence-corrected chi connectivity index (χ1v) is 11.6. The van der Waals surface area contributed by atoms with E-state index in [4.69, 9.17) is 9.83 Å². The molecule has 1 aliphatic rings. The molecule has 5 rings (SSSR count). The highest BCUT2D eigenvalue weighted by molar-refractivity contribution is 6.13. The van der Waals surface area contributed by atoms with E-state index in [9.17, 15) is 32.3 Å². The number of urea groups is 1. The number of amides is 2. The van der Waals surface area contributed by atoms with Crippen LogP contribution in [0.5, 0.6) is 0 Å². The van der Waals surface area contributed by atoms with Gasteiger partial charge in [0.2, 0.25) is 5.88 Å². The Balaban J connectivity index is 1.37. The van der Waals surface area contributed by atoms with Crippen molar-refractivity contribution in [2.45, 2.75) is 12.3 Å². The number of nitrogens with zero attached hydrogens (tertiary/aromatic N) is 1. The number of alkyl halides is 3. The lowest BCUT2D eigenvalue weighted by Crippen LogP contribution is -2.42. The molecule has 0 saturated carbocycles. The van der Waals surface area contributed by atoms with E-state index in [2.05, 4.69) is 16.0 Å². The Bertz CT molecular complexity index is 1600. The summed E-state index contributed by atoms with van der Waals surface area (Å²) in [6, 6.07) is 14.7. The number of carbonyl (C=O) groups excluding carboxylic acids is 1. The van der Waals surface area contributed by atoms with Crippen LogP contribution >= 0.6 is 0 Å². The highest BCUT2D eigenvalue weighted by atomic mass is 19.4. The lowest BCUT2D eigenvalue weighted by molar-refractivity contribution is -0.137. The molecule has 5 N–H and O–H groups in total. The Labute approximate surface area is 223 Å². The van der Waals surface area contributed by atoms with Crippen LogP contribution in [0.3, 0.4) is 0 Å². The number of fused-ring (bicyclic) bond motifs is 1. The summed E-state index contributed by atoms with van der Waals surface area (Å²) >= 11 is 0. The molecular weight excluding hydrogens is 534 g/mol. The van der Waals surface area contributed by atoms with Crippen molar-refractivity contribution >= 4 is 40.8 Å². The predicted molar refractivity (Wildman–Crippen MR) is 138 cm³/mol. The molecule has 0 fully saturated rings. The molecule has 1 aliphatic heterocycles. The molecule has 4 aromatic rings. The third-order valence-electron chi connectivity index (χ3n) is 6.11. The van der Waals surface area contributed by atoms with Crippen LogP contribution in [-0.4, -0.2) is 22.9 Å². The minimum absolute atomic E-state index is 0.0910. The van der Waals surface area contributed by atoms with Gasteiger partial charge in [-0.25, -0.2) is 14.0 Å². The number of hydrogen-bond donors (Lipinski definition) is 5. The van der Waals surface area contributed by atoms with Crippen molar-refractivity contribution in [3.8, 4) is 0 Å². The molecule has 0 saturated heterocycles.